The molecule has 3 atom stereocenters. The molecule has 0 radical (unpaired) electrons. The van der Waals surface area contributed by atoms with Crippen molar-refractivity contribution in [3.05, 3.63) is 35.6 Å². The Bertz CT molecular complexity index is 622. The second-order valence-corrected chi connectivity index (χ2v) is 6.66. The lowest BCUT2D eigenvalue weighted by molar-refractivity contribution is -0.126. The first-order valence-corrected chi connectivity index (χ1v) is 8.69. The van der Waals surface area contributed by atoms with Crippen molar-refractivity contribution in [3.8, 4) is 0 Å². The SMILES string of the molecule is COCC(NC(=O)N1CC(=O)NC2CCCCC21)c1ccc(F)cc1. The molecular weight excluding hydrogens is 325 g/mol. The Morgan fingerprint density at radius 3 is 2.80 bits per heavy atom. The molecule has 0 aromatic heterocycles. The molecule has 136 valence electrons. The molecule has 3 amide bonds. The van der Waals surface area contributed by atoms with E-state index in [1.54, 1.807) is 24.1 Å². The Kier molecular flexibility index (Phi) is 5.53. The molecule has 1 aromatic carbocycles. The van der Waals surface area contributed by atoms with Gasteiger partial charge in [-0.05, 0) is 30.5 Å². The number of hydrogen-bond acceptors (Lipinski definition) is 3. The number of carbonyl (C=O) groups is 2. The molecule has 1 saturated heterocycles. The maximum atomic E-state index is 13.1. The molecule has 1 aliphatic heterocycles. The number of amides is 3. The zero-order chi connectivity index (χ0) is 17.8. The summed E-state index contributed by atoms with van der Waals surface area (Å²) in [5, 5.41) is 5.93. The molecule has 25 heavy (non-hydrogen) atoms. The highest BCUT2D eigenvalue weighted by molar-refractivity contribution is 5.86. The first kappa shape index (κ1) is 17.7. The summed E-state index contributed by atoms with van der Waals surface area (Å²) in [4.78, 5) is 26.4. The van der Waals surface area contributed by atoms with Crippen LogP contribution in [0.1, 0.15) is 37.3 Å². The Balaban J connectivity index is 1.73. The van der Waals surface area contributed by atoms with E-state index in [-0.39, 0.29) is 43.0 Å². The summed E-state index contributed by atoms with van der Waals surface area (Å²) in [6.45, 7) is 0.335. The fourth-order valence-corrected chi connectivity index (χ4v) is 3.71. The Labute approximate surface area is 146 Å². The average molecular weight is 349 g/mol. The normalized spacial score (nSPS) is 24.2. The molecule has 0 spiro atoms. The van der Waals surface area contributed by atoms with Gasteiger partial charge < -0.3 is 20.3 Å². The molecule has 6 nitrogen and oxygen atoms in total. The first-order valence-electron chi connectivity index (χ1n) is 8.69. The molecule has 2 N–H and O–H groups in total. The van der Waals surface area contributed by atoms with Crippen LogP contribution in [0.4, 0.5) is 9.18 Å². The minimum Gasteiger partial charge on any atom is -0.382 e. The third-order valence-electron chi connectivity index (χ3n) is 4.95. The zero-order valence-electron chi connectivity index (χ0n) is 14.3. The molecule has 2 fully saturated rings. The minimum absolute atomic E-state index is 0.0304. The van der Waals surface area contributed by atoms with Crippen LogP contribution in [0.15, 0.2) is 24.3 Å². The molecule has 1 aliphatic carbocycles. The molecule has 3 unspecified atom stereocenters. The summed E-state index contributed by atoms with van der Waals surface area (Å²) in [5.41, 5.74) is 0.762. The van der Waals surface area contributed by atoms with Crippen LogP contribution in [0.25, 0.3) is 0 Å². The van der Waals surface area contributed by atoms with E-state index in [2.05, 4.69) is 10.6 Å². The second-order valence-electron chi connectivity index (χ2n) is 6.66. The molecule has 1 saturated carbocycles. The lowest BCUT2D eigenvalue weighted by Crippen LogP contribution is -2.64. The van der Waals surface area contributed by atoms with Crippen LogP contribution in [-0.2, 0) is 9.53 Å². The number of nitrogens with zero attached hydrogens (tertiary/aromatic N) is 1. The third kappa shape index (κ3) is 4.10. The van der Waals surface area contributed by atoms with Gasteiger partial charge in [-0.15, -0.1) is 0 Å². The summed E-state index contributed by atoms with van der Waals surface area (Å²) < 4.78 is 18.3. The highest BCUT2D eigenvalue weighted by atomic mass is 19.1. The molecular formula is C18H24FN3O3. The van der Waals surface area contributed by atoms with E-state index in [0.717, 1.165) is 31.2 Å². The van der Waals surface area contributed by atoms with E-state index in [0.29, 0.717) is 0 Å². The number of ether oxygens (including phenoxy) is 1. The van der Waals surface area contributed by atoms with Crippen LogP contribution in [0.2, 0.25) is 0 Å². The monoisotopic (exact) mass is 349 g/mol. The lowest BCUT2D eigenvalue weighted by atomic mass is 9.87. The van der Waals surface area contributed by atoms with Crippen molar-refractivity contribution in [2.45, 2.75) is 43.8 Å². The number of nitrogens with one attached hydrogen (secondary N) is 2. The van der Waals surface area contributed by atoms with E-state index >= 15 is 0 Å². The van der Waals surface area contributed by atoms with Crippen molar-refractivity contribution in [1.29, 1.82) is 0 Å². The van der Waals surface area contributed by atoms with Crippen LogP contribution in [-0.4, -0.2) is 49.2 Å². The molecule has 0 bridgehead atoms. The van der Waals surface area contributed by atoms with Gasteiger partial charge in [0.05, 0.1) is 18.7 Å². The maximum Gasteiger partial charge on any atom is 0.318 e. The summed E-state index contributed by atoms with van der Waals surface area (Å²) in [5.74, 6) is -0.452. The number of benzene rings is 1. The number of rotatable bonds is 4. The number of carbonyl (C=O) groups excluding carboxylic acids is 2. The highest BCUT2D eigenvalue weighted by Crippen LogP contribution is 2.26. The van der Waals surface area contributed by atoms with Gasteiger partial charge in [-0.3, -0.25) is 4.79 Å². The van der Waals surface area contributed by atoms with Gasteiger partial charge in [-0.1, -0.05) is 25.0 Å². The van der Waals surface area contributed by atoms with Gasteiger partial charge in [0.1, 0.15) is 12.4 Å². The summed E-state index contributed by atoms with van der Waals surface area (Å²) in [6.07, 6.45) is 3.92. The van der Waals surface area contributed by atoms with E-state index in [9.17, 15) is 14.0 Å². The first-order chi connectivity index (χ1) is 12.1. The van der Waals surface area contributed by atoms with Crippen LogP contribution in [0.3, 0.4) is 0 Å². The van der Waals surface area contributed by atoms with Crippen molar-refractivity contribution in [3.63, 3.8) is 0 Å². The molecule has 7 heteroatoms. The lowest BCUT2D eigenvalue weighted by Gasteiger charge is -2.44. The maximum absolute atomic E-state index is 13.1. The van der Waals surface area contributed by atoms with Gasteiger partial charge in [0.25, 0.3) is 0 Å². The van der Waals surface area contributed by atoms with Crippen molar-refractivity contribution in [2.24, 2.45) is 0 Å². The summed E-state index contributed by atoms with van der Waals surface area (Å²) >= 11 is 0. The highest BCUT2D eigenvalue weighted by Gasteiger charge is 2.39. The summed E-state index contributed by atoms with van der Waals surface area (Å²) in [6, 6.07) is 5.36. The number of fused-ring (bicyclic) bond motifs is 1. The standard InChI is InChI=1S/C18H24FN3O3/c1-25-11-15(12-6-8-13(19)9-7-12)21-18(24)22-10-17(23)20-14-4-2-3-5-16(14)22/h6-9,14-16H,2-5,10-11H2,1H3,(H,20,23)(H,21,24). The van der Waals surface area contributed by atoms with Gasteiger partial charge in [-0.2, -0.15) is 0 Å². The van der Waals surface area contributed by atoms with Gasteiger partial charge in [0, 0.05) is 13.2 Å². The van der Waals surface area contributed by atoms with E-state index in [4.69, 9.17) is 4.74 Å². The van der Waals surface area contributed by atoms with Crippen molar-refractivity contribution in [1.82, 2.24) is 15.5 Å². The fraction of sp³-hybridized carbons (Fsp3) is 0.556. The van der Waals surface area contributed by atoms with Crippen molar-refractivity contribution in [2.75, 3.05) is 20.3 Å². The van der Waals surface area contributed by atoms with Gasteiger partial charge >= 0.3 is 6.03 Å². The molecule has 2 aliphatic rings. The van der Waals surface area contributed by atoms with E-state index in [1.807, 2.05) is 0 Å². The zero-order valence-corrected chi connectivity index (χ0v) is 14.3. The predicted octanol–water partition coefficient (Wildman–Crippen LogP) is 1.97. The fourth-order valence-electron chi connectivity index (χ4n) is 3.71. The topological polar surface area (TPSA) is 70.7 Å². The summed E-state index contributed by atoms with van der Waals surface area (Å²) in [7, 11) is 1.55. The van der Waals surface area contributed by atoms with Crippen LogP contribution < -0.4 is 10.6 Å². The Hall–Kier alpha value is -2.15. The van der Waals surface area contributed by atoms with Gasteiger partial charge in [-0.25, -0.2) is 9.18 Å². The Morgan fingerprint density at radius 1 is 1.36 bits per heavy atom. The van der Waals surface area contributed by atoms with Crippen molar-refractivity contribution < 1.29 is 18.7 Å². The predicted molar refractivity (Wildman–Crippen MR) is 90.4 cm³/mol. The number of urea groups is 1. The second kappa shape index (κ2) is 7.82. The third-order valence-corrected chi connectivity index (χ3v) is 4.95. The number of hydrogen-bond donors (Lipinski definition) is 2. The smallest absolute Gasteiger partial charge is 0.318 e. The van der Waals surface area contributed by atoms with Crippen LogP contribution >= 0.6 is 0 Å². The molecule has 1 aromatic rings. The molecule has 3 rings (SSSR count). The number of halogens is 1. The molecule has 1 heterocycles. The number of piperazine rings is 1. The quantitative estimate of drug-likeness (QED) is 0.873. The van der Waals surface area contributed by atoms with Crippen LogP contribution in [0.5, 0.6) is 0 Å². The Morgan fingerprint density at radius 2 is 2.08 bits per heavy atom. The van der Waals surface area contributed by atoms with Gasteiger partial charge in [0.15, 0.2) is 0 Å². The van der Waals surface area contributed by atoms with E-state index in [1.165, 1.54) is 12.1 Å². The van der Waals surface area contributed by atoms with E-state index < -0.39 is 6.04 Å². The van der Waals surface area contributed by atoms with Crippen molar-refractivity contribution >= 4 is 11.9 Å². The van der Waals surface area contributed by atoms with Crippen LogP contribution in [0, 0.1) is 5.82 Å². The number of methoxy groups -OCH3 is 1. The largest absolute Gasteiger partial charge is 0.382 e. The minimum atomic E-state index is -0.398. The van der Waals surface area contributed by atoms with Gasteiger partial charge in [0.2, 0.25) is 5.91 Å². The average Bonchev–Trinajstić information content (AvgIpc) is 2.61.